The Bertz CT molecular complexity index is 165. The second-order valence-corrected chi connectivity index (χ2v) is 2.18. The minimum absolute atomic E-state index is 0.760. The standard InChI is InChI=1S/C6H12O6/c7-1-3(9)5(11)6(12)4(10)2-8/h3,5,7-12H,1-2H2/t3-,5+/m0/s1. The summed E-state index contributed by atoms with van der Waals surface area (Å²) in [6.07, 6.45) is -3.37. The Morgan fingerprint density at radius 2 is 1.58 bits per heavy atom. The second kappa shape index (κ2) is 4.94. The fraction of sp³-hybridized carbons (Fsp3) is 0.667. The van der Waals surface area contributed by atoms with Gasteiger partial charge in [0.25, 0.3) is 0 Å². The Kier molecular flexibility index (Phi) is 4.60. The van der Waals surface area contributed by atoms with Crippen LogP contribution in [0, 0.1) is 0 Å². The summed E-state index contributed by atoms with van der Waals surface area (Å²) in [7, 11) is 0. The molecule has 0 fully saturated rings. The van der Waals surface area contributed by atoms with Gasteiger partial charge in [0, 0.05) is 0 Å². The van der Waals surface area contributed by atoms with Crippen LogP contribution < -0.4 is 0 Å². The van der Waals surface area contributed by atoms with Crippen LogP contribution in [-0.2, 0) is 0 Å². The molecule has 0 aromatic heterocycles. The third-order valence-electron chi connectivity index (χ3n) is 1.28. The van der Waals surface area contributed by atoms with Crippen molar-refractivity contribution in [1.29, 1.82) is 0 Å². The zero-order valence-corrected chi connectivity index (χ0v) is 6.25. The van der Waals surface area contributed by atoms with Crippen molar-refractivity contribution in [2.45, 2.75) is 12.2 Å². The number of aliphatic hydroxyl groups excluding tert-OH is 6. The van der Waals surface area contributed by atoms with E-state index >= 15 is 0 Å². The molecule has 6 nitrogen and oxygen atoms in total. The van der Waals surface area contributed by atoms with E-state index in [-0.39, 0.29) is 0 Å². The van der Waals surface area contributed by atoms with Crippen LogP contribution in [-0.4, -0.2) is 56.1 Å². The van der Waals surface area contributed by atoms with E-state index in [0.29, 0.717) is 0 Å². The molecule has 0 saturated heterocycles. The average molecular weight is 180 g/mol. The third-order valence-corrected chi connectivity index (χ3v) is 1.28. The van der Waals surface area contributed by atoms with E-state index in [9.17, 15) is 0 Å². The first-order chi connectivity index (χ1) is 5.54. The number of rotatable bonds is 4. The van der Waals surface area contributed by atoms with Gasteiger partial charge in [-0.3, -0.25) is 0 Å². The molecule has 0 aliphatic carbocycles. The van der Waals surface area contributed by atoms with E-state index in [4.69, 9.17) is 30.6 Å². The lowest BCUT2D eigenvalue weighted by molar-refractivity contribution is -0.0177. The number of hydrogen-bond donors (Lipinski definition) is 6. The summed E-state index contributed by atoms with van der Waals surface area (Å²) in [5.74, 6) is -1.78. The molecule has 0 saturated carbocycles. The van der Waals surface area contributed by atoms with E-state index < -0.39 is 36.9 Å². The summed E-state index contributed by atoms with van der Waals surface area (Å²) in [4.78, 5) is 0. The lowest BCUT2D eigenvalue weighted by Crippen LogP contribution is -2.32. The molecule has 2 atom stereocenters. The zero-order valence-electron chi connectivity index (χ0n) is 6.25. The summed E-state index contributed by atoms with van der Waals surface area (Å²) in [6.45, 7) is -1.61. The highest BCUT2D eigenvalue weighted by atomic mass is 16.4. The van der Waals surface area contributed by atoms with Crippen molar-refractivity contribution >= 4 is 0 Å². The Morgan fingerprint density at radius 3 is 1.92 bits per heavy atom. The molecule has 72 valence electrons. The Hall–Kier alpha value is -0.820. The summed E-state index contributed by atoms with van der Waals surface area (Å²) in [5.41, 5.74) is 0. The van der Waals surface area contributed by atoms with Crippen molar-refractivity contribution in [1.82, 2.24) is 0 Å². The monoisotopic (exact) mass is 180 g/mol. The van der Waals surface area contributed by atoms with Crippen molar-refractivity contribution < 1.29 is 30.6 Å². The molecule has 6 N–H and O–H groups in total. The molecule has 0 aromatic carbocycles. The van der Waals surface area contributed by atoms with Crippen LogP contribution in [0.3, 0.4) is 0 Å². The molecular weight excluding hydrogens is 168 g/mol. The summed E-state index contributed by atoms with van der Waals surface area (Å²) in [6, 6.07) is 0. The van der Waals surface area contributed by atoms with Gasteiger partial charge >= 0.3 is 0 Å². The van der Waals surface area contributed by atoms with Gasteiger partial charge in [0.1, 0.15) is 18.8 Å². The van der Waals surface area contributed by atoms with Crippen molar-refractivity contribution in [3.63, 3.8) is 0 Å². The van der Waals surface area contributed by atoms with Crippen LogP contribution in [0.1, 0.15) is 0 Å². The summed E-state index contributed by atoms with van der Waals surface area (Å²) >= 11 is 0. The molecule has 0 heterocycles. The van der Waals surface area contributed by atoms with Crippen LogP contribution >= 0.6 is 0 Å². The van der Waals surface area contributed by atoms with Crippen LogP contribution in [0.25, 0.3) is 0 Å². The van der Waals surface area contributed by atoms with Crippen molar-refractivity contribution in [3.8, 4) is 0 Å². The molecule has 6 heteroatoms. The second-order valence-electron chi connectivity index (χ2n) is 2.18. The zero-order chi connectivity index (χ0) is 9.72. The average Bonchev–Trinajstić information content (AvgIpc) is 2.12. The molecule has 0 rings (SSSR count). The van der Waals surface area contributed by atoms with Gasteiger partial charge in [0.05, 0.1) is 6.61 Å². The van der Waals surface area contributed by atoms with E-state index in [2.05, 4.69) is 0 Å². The Morgan fingerprint density at radius 1 is 1.08 bits per heavy atom. The maximum atomic E-state index is 8.90. The molecule has 0 radical (unpaired) electrons. The molecule has 0 amide bonds. The van der Waals surface area contributed by atoms with Crippen LogP contribution in [0.2, 0.25) is 0 Å². The van der Waals surface area contributed by atoms with Crippen LogP contribution in [0.15, 0.2) is 11.5 Å². The van der Waals surface area contributed by atoms with Gasteiger partial charge in [-0.25, -0.2) is 0 Å². The smallest absolute Gasteiger partial charge is 0.164 e. The van der Waals surface area contributed by atoms with Crippen LogP contribution in [0.4, 0.5) is 0 Å². The lowest BCUT2D eigenvalue weighted by atomic mass is 10.1. The number of hydrogen-bond acceptors (Lipinski definition) is 6. The highest BCUT2D eigenvalue weighted by molar-refractivity contribution is 5.05. The number of aliphatic hydroxyl groups is 6. The van der Waals surface area contributed by atoms with E-state index in [1.54, 1.807) is 0 Å². The predicted molar refractivity (Wildman–Crippen MR) is 38.5 cm³/mol. The maximum Gasteiger partial charge on any atom is 0.164 e. The highest BCUT2D eigenvalue weighted by Gasteiger charge is 2.22. The first-order valence-electron chi connectivity index (χ1n) is 3.23. The molecule has 0 aliphatic heterocycles. The Balaban J connectivity index is 4.36. The molecule has 0 spiro atoms. The molecule has 0 aromatic rings. The summed E-state index contributed by atoms with van der Waals surface area (Å²) < 4.78 is 0. The first-order valence-corrected chi connectivity index (χ1v) is 3.23. The molecule has 12 heavy (non-hydrogen) atoms. The van der Waals surface area contributed by atoms with Crippen LogP contribution in [0.5, 0.6) is 0 Å². The fourth-order valence-corrected chi connectivity index (χ4v) is 0.534. The van der Waals surface area contributed by atoms with E-state index in [1.165, 1.54) is 0 Å². The predicted octanol–water partition coefficient (Wildman–Crippen LogP) is -1.98. The summed E-state index contributed by atoms with van der Waals surface area (Å²) in [5, 5.41) is 51.8. The van der Waals surface area contributed by atoms with Crippen molar-refractivity contribution in [2.24, 2.45) is 0 Å². The van der Waals surface area contributed by atoms with Gasteiger partial charge in [-0.05, 0) is 0 Å². The van der Waals surface area contributed by atoms with Gasteiger partial charge < -0.3 is 30.6 Å². The molecule has 0 bridgehead atoms. The van der Waals surface area contributed by atoms with Gasteiger partial charge in [0.15, 0.2) is 11.5 Å². The van der Waals surface area contributed by atoms with Gasteiger partial charge in [0.2, 0.25) is 0 Å². The van der Waals surface area contributed by atoms with Gasteiger partial charge in [-0.2, -0.15) is 0 Å². The van der Waals surface area contributed by atoms with Gasteiger partial charge in [-0.1, -0.05) is 0 Å². The fourth-order valence-electron chi connectivity index (χ4n) is 0.534. The maximum absolute atomic E-state index is 8.90. The molecule has 0 unspecified atom stereocenters. The highest BCUT2D eigenvalue weighted by Crippen LogP contribution is 2.06. The van der Waals surface area contributed by atoms with Gasteiger partial charge in [-0.15, -0.1) is 0 Å². The largest absolute Gasteiger partial charge is 0.506 e. The van der Waals surface area contributed by atoms with E-state index in [1.807, 2.05) is 0 Å². The van der Waals surface area contributed by atoms with Crippen molar-refractivity contribution in [3.05, 3.63) is 11.5 Å². The first kappa shape index (κ1) is 11.2. The minimum atomic E-state index is -1.79. The minimum Gasteiger partial charge on any atom is -0.506 e. The lowest BCUT2D eigenvalue weighted by Gasteiger charge is -2.15. The molecule has 0 aliphatic rings. The third kappa shape index (κ3) is 2.67. The quantitative estimate of drug-likeness (QED) is 0.279. The molecular formula is C6H12O6. The van der Waals surface area contributed by atoms with E-state index in [0.717, 1.165) is 0 Å². The topological polar surface area (TPSA) is 121 Å². The normalized spacial score (nSPS) is 18.3. The SMILES string of the molecule is OCC(O)=C(O)[C@H](O)[C@@H](O)CO. The van der Waals surface area contributed by atoms with Crippen molar-refractivity contribution in [2.75, 3.05) is 13.2 Å². The Labute approximate surface area is 68.6 Å².